The molecule has 1 saturated carbocycles. The standard InChI is InChI=1S/C10H19/c1-4-9-6-5-7-10(2,3)8-9/h9H,1,4-8H2,2-3H3. The Morgan fingerprint density at radius 3 is 2.60 bits per heavy atom. The average molecular weight is 139 g/mol. The molecular weight excluding hydrogens is 120 g/mol. The van der Waals surface area contributed by atoms with Gasteiger partial charge in [-0.1, -0.05) is 40.0 Å². The highest BCUT2D eigenvalue weighted by Crippen LogP contribution is 2.39. The fraction of sp³-hybridized carbons (Fsp3) is 0.900. The van der Waals surface area contributed by atoms with Crippen molar-refractivity contribution < 1.29 is 0 Å². The third kappa shape index (κ3) is 2.00. The predicted molar refractivity (Wildman–Crippen MR) is 45.7 cm³/mol. The Kier molecular flexibility index (Phi) is 2.38. The molecule has 1 radical (unpaired) electrons. The van der Waals surface area contributed by atoms with Crippen LogP contribution in [0.2, 0.25) is 0 Å². The third-order valence-corrected chi connectivity index (χ3v) is 2.72. The van der Waals surface area contributed by atoms with E-state index in [0.29, 0.717) is 5.41 Å². The van der Waals surface area contributed by atoms with Crippen molar-refractivity contribution in [2.75, 3.05) is 0 Å². The molecule has 0 amide bonds. The number of hydrogen-bond acceptors (Lipinski definition) is 0. The van der Waals surface area contributed by atoms with Crippen molar-refractivity contribution in [3.63, 3.8) is 0 Å². The molecule has 0 aliphatic heterocycles. The van der Waals surface area contributed by atoms with E-state index in [2.05, 4.69) is 20.8 Å². The van der Waals surface area contributed by atoms with Crippen molar-refractivity contribution in [3.8, 4) is 0 Å². The van der Waals surface area contributed by atoms with E-state index in [9.17, 15) is 0 Å². The summed E-state index contributed by atoms with van der Waals surface area (Å²) in [6.45, 7) is 8.74. The van der Waals surface area contributed by atoms with Gasteiger partial charge in [0.15, 0.2) is 0 Å². The molecule has 1 rings (SSSR count). The van der Waals surface area contributed by atoms with Crippen molar-refractivity contribution >= 4 is 0 Å². The Morgan fingerprint density at radius 2 is 2.20 bits per heavy atom. The zero-order valence-corrected chi connectivity index (χ0v) is 7.32. The van der Waals surface area contributed by atoms with Crippen LogP contribution < -0.4 is 0 Å². The minimum atomic E-state index is 0.612. The largest absolute Gasteiger partial charge is 0.0599 e. The topological polar surface area (TPSA) is 0 Å². The maximum Gasteiger partial charge on any atom is -0.0352 e. The van der Waals surface area contributed by atoms with Crippen LogP contribution in [-0.2, 0) is 0 Å². The lowest BCUT2D eigenvalue weighted by Gasteiger charge is -2.34. The van der Waals surface area contributed by atoms with E-state index in [1.54, 1.807) is 0 Å². The number of hydrogen-bond donors (Lipinski definition) is 0. The summed E-state index contributed by atoms with van der Waals surface area (Å²) in [5.41, 5.74) is 0.612. The monoisotopic (exact) mass is 139 g/mol. The second kappa shape index (κ2) is 2.94. The minimum absolute atomic E-state index is 0.612. The quantitative estimate of drug-likeness (QED) is 0.522. The predicted octanol–water partition coefficient (Wildman–Crippen LogP) is 3.43. The van der Waals surface area contributed by atoms with E-state index in [-0.39, 0.29) is 0 Å². The van der Waals surface area contributed by atoms with Gasteiger partial charge in [-0.15, -0.1) is 0 Å². The lowest BCUT2D eigenvalue weighted by atomic mass is 9.71. The zero-order chi connectivity index (χ0) is 7.61. The highest BCUT2D eigenvalue weighted by Gasteiger charge is 2.26. The molecule has 0 N–H and O–H groups in total. The Bertz CT molecular complexity index is 103. The molecule has 0 nitrogen and oxygen atoms in total. The van der Waals surface area contributed by atoms with Crippen LogP contribution in [0.5, 0.6) is 0 Å². The van der Waals surface area contributed by atoms with Crippen LogP contribution >= 0.6 is 0 Å². The molecule has 0 heterocycles. The molecule has 10 heavy (non-hydrogen) atoms. The average Bonchev–Trinajstić information content (AvgIpc) is 1.86. The van der Waals surface area contributed by atoms with Gasteiger partial charge in [0.2, 0.25) is 0 Å². The first-order chi connectivity index (χ1) is 4.64. The van der Waals surface area contributed by atoms with Gasteiger partial charge >= 0.3 is 0 Å². The zero-order valence-electron chi connectivity index (χ0n) is 7.32. The molecule has 0 saturated heterocycles. The lowest BCUT2D eigenvalue weighted by molar-refractivity contribution is 0.181. The van der Waals surface area contributed by atoms with Gasteiger partial charge in [0.05, 0.1) is 0 Å². The van der Waals surface area contributed by atoms with Gasteiger partial charge in [0.1, 0.15) is 0 Å². The van der Waals surface area contributed by atoms with Gasteiger partial charge in [-0.05, 0) is 24.2 Å². The summed E-state index contributed by atoms with van der Waals surface area (Å²) in [5, 5.41) is 0. The van der Waals surface area contributed by atoms with Crippen molar-refractivity contribution in [1.29, 1.82) is 0 Å². The summed E-state index contributed by atoms with van der Waals surface area (Å²) in [4.78, 5) is 0. The van der Waals surface area contributed by atoms with Gasteiger partial charge in [-0.3, -0.25) is 0 Å². The Labute approximate surface area is 65.0 Å². The maximum absolute atomic E-state index is 3.97. The molecular formula is C10H19. The third-order valence-electron chi connectivity index (χ3n) is 2.72. The van der Waals surface area contributed by atoms with Gasteiger partial charge in [0, 0.05) is 0 Å². The van der Waals surface area contributed by atoms with Crippen LogP contribution in [-0.4, -0.2) is 0 Å². The van der Waals surface area contributed by atoms with Crippen molar-refractivity contribution in [2.45, 2.75) is 46.0 Å². The molecule has 1 fully saturated rings. The Balaban J connectivity index is 2.40. The van der Waals surface area contributed by atoms with E-state index in [1.807, 2.05) is 0 Å². The van der Waals surface area contributed by atoms with E-state index < -0.39 is 0 Å². The number of rotatable bonds is 1. The van der Waals surface area contributed by atoms with Crippen LogP contribution in [0, 0.1) is 18.3 Å². The van der Waals surface area contributed by atoms with Crippen LogP contribution in [0.3, 0.4) is 0 Å². The van der Waals surface area contributed by atoms with Crippen molar-refractivity contribution in [2.24, 2.45) is 11.3 Å². The first kappa shape index (κ1) is 8.10. The minimum Gasteiger partial charge on any atom is -0.0599 e. The molecule has 0 aromatic heterocycles. The van der Waals surface area contributed by atoms with Crippen LogP contribution in [0.4, 0.5) is 0 Å². The molecule has 1 aliphatic rings. The highest BCUT2D eigenvalue weighted by molar-refractivity contribution is 4.79. The maximum atomic E-state index is 3.97. The van der Waals surface area contributed by atoms with Crippen molar-refractivity contribution in [3.05, 3.63) is 6.92 Å². The summed E-state index contributed by atoms with van der Waals surface area (Å²) in [7, 11) is 0. The van der Waals surface area contributed by atoms with Crippen LogP contribution in [0.15, 0.2) is 0 Å². The molecule has 0 aromatic rings. The summed E-state index contributed by atoms with van der Waals surface area (Å²) in [6, 6.07) is 0. The smallest absolute Gasteiger partial charge is 0.0352 e. The first-order valence-electron chi connectivity index (χ1n) is 4.43. The Hall–Kier alpha value is 0. The summed E-state index contributed by atoms with van der Waals surface area (Å²) < 4.78 is 0. The van der Waals surface area contributed by atoms with E-state index >= 15 is 0 Å². The molecule has 1 unspecified atom stereocenters. The van der Waals surface area contributed by atoms with Gasteiger partial charge in [-0.25, -0.2) is 0 Å². The molecule has 0 spiro atoms. The molecule has 1 aliphatic carbocycles. The highest BCUT2D eigenvalue weighted by atomic mass is 14.3. The van der Waals surface area contributed by atoms with Crippen molar-refractivity contribution in [1.82, 2.24) is 0 Å². The van der Waals surface area contributed by atoms with E-state index in [4.69, 9.17) is 0 Å². The van der Waals surface area contributed by atoms with Crippen LogP contribution in [0.1, 0.15) is 46.0 Å². The molecule has 0 heteroatoms. The summed E-state index contributed by atoms with van der Waals surface area (Å²) >= 11 is 0. The normalized spacial score (nSPS) is 32.1. The lowest BCUT2D eigenvalue weighted by Crippen LogP contribution is -2.21. The molecule has 0 aromatic carbocycles. The summed E-state index contributed by atoms with van der Waals surface area (Å²) in [6.07, 6.45) is 6.81. The summed E-state index contributed by atoms with van der Waals surface area (Å²) in [5.74, 6) is 0.920. The fourth-order valence-electron chi connectivity index (χ4n) is 2.10. The molecule has 0 bridgehead atoms. The second-order valence-corrected chi connectivity index (χ2v) is 4.42. The second-order valence-electron chi connectivity index (χ2n) is 4.42. The molecule has 1 atom stereocenters. The fourth-order valence-corrected chi connectivity index (χ4v) is 2.10. The van der Waals surface area contributed by atoms with E-state index in [1.165, 1.54) is 25.7 Å². The first-order valence-corrected chi connectivity index (χ1v) is 4.43. The van der Waals surface area contributed by atoms with Gasteiger partial charge < -0.3 is 0 Å². The van der Waals surface area contributed by atoms with E-state index in [0.717, 1.165) is 12.3 Å². The van der Waals surface area contributed by atoms with Gasteiger partial charge in [-0.2, -0.15) is 0 Å². The van der Waals surface area contributed by atoms with Crippen LogP contribution in [0.25, 0.3) is 0 Å². The van der Waals surface area contributed by atoms with Gasteiger partial charge in [0.25, 0.3) is 0 Å². The molecule has 59 valence electrons. The SMILES string of the molecule is [CH2]CC1CCCC(C)(C)C1. The Morgan fingerprint density at radius 1 is 1.50 bits per heavy atom.